The molecular weight excluding hydrogens is 244 g/mol. The maximum Gasteiger partial charge on any atom is 0.317 e. The van der Waals surface area contributed by atoms with Gasteiger partial charge in [0.15, 0.2) is 0 Å². The van der Waals surface area contributed by atoms with E-state index in [1.165, 1.54) is 0 Å². The molecular formula is C14H26N2O3. The van der Waals surface area contributed by atoms with Gasteiger partial charge in [0.25, 0.3) is 0 Å². The van der Waals surface area contributed by atoms with Gasteiger partial charge in [-0.15, -0.1) is 0 Å². The summed E-state index contributed by atoms with van der Waals surface area (Å²) in [4.78, 5) is 24.7. The molecule has 0 aromatic carbocycles. The molecule has 110 valence electrons. The first kappa shape index (κ1) is 15.8. The molecule has 5 nitrogen and oxygen atoms in total. The Bertz CT molecular complexity index is 308. The second-order valence-corrected chi connectivity index (χ2v) is 5.42. The van der Waals surface area contributed by atoms with Crippen molar-refractivity contribution in [3.05, 3.63) is 0 Å². The zero-order chi connectivity index (χ0) is 14.4. The molecule has 1 rings (SSSR count). The molecule has 0 aromatic rings. The number of amides is 2. The number of nitrogens with zero attached hydrogens (tertiary/aromatic N) is 1. The largest absolute Gasteiger partial charge is 0.481 e. The van der Waals surface area contributed by atoms with E-state index < -0.39 is 5.97 Å². The Morgan fingerprint density at radius 1 is 1.21 bits per heavy atom. The predicted octanol–water partition coefficient (Wildman–Crippen LogP) is 2.46. The van der Waals surface area contributed by atoms with Crippen molar-refractivity contribution in [1.82, 2.24) is 10.2 Å². The van der Waals surface area contributed by atoms with E-state index >= 15 is 0 Å². The Balaban J connectivity index is 2.40. The van der Waals surface area contributed by atoms with Crippen molar-refractivity contribution in [3.8, 4) is 0 Å². The summed E-state index contributed by atoms with van der Waals surface area (Å²) < 4.78 is 0. The summed E-state index contributed by atoms with van der Waals surface area (Å²) in [6.07, 6.45) is 4.75. The van der Waals surface area contributed by atoms with Crippen LogP contribution in [0.3, 0.4) is 0 Å². The summed E-state index contributed by atoms with van der Waals surface area (Å²) in [6, 6.07) is 0.364. The number of carboxylic acids is 1. The van der Waals surface area contributed by atoms with E-state index in [1.807, 2.05) is 7.05 Å². The van der Waals surface area contributed by atoms with Crippen LogP contribution in [0, 0.1) is 5.92 Å². The second kappa shape index (κ2) is 7.36. The maximum atomic E-state index is 12.1. The Morgan fingerprint density at radius 3 is 2.16 bits per heavy atom. The van der Waals surface area contributed by atoms with E-state index in [9.17, 15) is 9.59 Å². The predicted molar refractivity (Wildman–Crippen MR) is 74.0 cm³/mol. The molecule has 0 unspecified atom stereocenters. The first-order valence-corrected chi connectivity index (χ1v) is 7.25. The number of carbonyl (C=O) groups excluding carboxylic acids is 1. The van der Waals surface area contributed by atoms with Crippen LogP contribution in [0.1, 0.15) is 52.4 Å². The quantitative estimate of drug-likeness (QED) is 0.806. The molecule has 0 bridgehead atoms. The molecule has 1 saturated carbocycles. The van der Waals surface area contributed by atoms with Crippen LogP contribution in [0.15, 0.2) is 0 Å². The van der Waals surface area contributed by atoms with Crippen LogP contribution < -0.4 is 5.32 Å². The van der Waals surface area contributed by atoms with E-state index in [2.05, 4.69) is 19.2 Å². The van der Waals surface area contributed by atoms with Crippen molar-refractivity contribution in [2.75, 3.05) is 7.05 Å². The molecule has 0 aliphatic heterocycles. The minimum atomic E-state index is -0.709. The van der Waals surface area contributed by atoms with Crippen LogP contribution in [0.25, 0.3) is 0 Å². The lowest BCUT2D eigenvalue weighted by atomic mass is 9.86. The van der Waals surface area contributed by atoms with Gasteiger partial charge in [-0.25, -0.2) is 4.79 Å². The zero-order valence-corrected chi connectivity index (χ0v) is 12.2. The lowest BCUT2D eigenvalue weighted by Crippen LogP contribution is -2.48. The van der Waals surface area contributed by atoms with E-state index in [0.717, 1.165) is 25.7 Å². The van der Waals surface area contributed by atoms with E-state index in [1.54, 1.807) is 4.90 Å². The third-order valence-electron chi connectivity index (χ3n) is 4.21. The minimum absolute atomic E-state index is 0.0347. The molecule has 0 heterocycles. The summed E-state index contributed by atoms with van der Waals surface area (Å²) in [7, 11) is 1.83. The van der Waals surface area contributed by atoms with Gasteiger partial charge in [-0.05, 0) is 38.5 Å². The number of aliphatic carboxylic acids is 1. The summed E-state index contributed by atoms with van der Waals surface area (Å²) in [5.41, 5.74) is 0. The number of urea groups is 1. The molecule has 0 radical (unpaired) electrons. The molecule has 0 aromatic heterocycles. The average molecular weight is 270 g/mol. The fourth-order valence-electron chi connectivity index (χ4n) is 2.76. The van der Waals surface area contributed by atoms with Crippen LogP contribution >= 0.6 is 0 Å². The van der Waals surface area contributed by atoms with Gasteiger partial charge in [-0.3, -0.25) is 4.79 Å². The van der Waals surface area contributed by atoms with Crippen LogP contribution in [0.4, 0.5) is 4.79 Å². The Kier molecular flexibility index (Phi) is 6.12. The molecule has 1 aliphatic rings. The van der Waals surface area contributed by atoms with Gasteiger partial charge in [0.2, 0.25) is 0 Å². The van der Waals surface area contributed by atoms with Gasteiger partial charge < -0.3 is 15.3 Å². The topological polar surface area (TPSA) is 69.6 Å². The monoisotopic (exact) mass is 270 g/mol. The lowest BCUT2D eigenvalue weighted by molar-refractivity contribution is -0.142. The van der Waals surface area contributed by atoms with Crippen molar-refractivity contribution in [2.24, 2.45) is 5.92 Å². The van der Waals surface area contributed by atoms with Gasteiger partial charge >= 0.3 is 12.0 Å². The van der Waals surface area contributed by atoms with Crippen molar-refractivity contribution >= 4 is 12.0 Å². The Hall–Kier alpha value is -1.26. The molecule has 19 heavy (non-hydrogen) atoms. The SMILES string of the molecule is CCC(CC)N(C)C(=O)NC1CCC(C(=O)O)CC1. The Labute approximate surface area is 115 Å². The number of carbonyl (C=O) groups is 2. The molecule has 2 N–H and O–H groups in total. The second-order valence-electron chi connectivity index (χ2n) is 5.42. The summed E-state index contributed by atoms with van der Waals surface area (Å²) in [5.74, 6) is -0.941. The van der Waals surface area contributed by atoms with Crippen LogP contribution in [0.5, 0.6) is 0 Å². The Morgan fingerprint density at radius 2 is 1.74 bits per heavy atom. The van der Waals surface area contributed by atoms with Gasteiger partial charge in [-0.2, -0.15) is 0 Å². The van der Waals surface area contributed by atoms with Gasteiger partial charge in [0.05, 0.1) is 5.92 Å². The number of hydrogen-bond donors (Lipinski definition) is 2. The van der Waals surface area contributed by atoms with Crippen LogP contribution in [-0.2, 0) is 4.79 Å². The number of rotatable bonds is 5. The summed E-state index contributed by atoms with van der Waals surface area (Å²) in [5, 5.41) is 12.0. The van der Waals surface area contributed by atoms with Gasteiger partial charge in [-0.1, -0.05) is 13.8 Å². The molecule has 2 amide bonds. The third kappa shape index (κ3) is 4.40. The average Bonchev–Trinajstić information content (AvgIpc) is 2.40. The van der Waals surface area contributed by atoms with E-state index in [0.29, 0.717) is 12.8 Å². The van der Waals surface area contributed by atoms with Crippen molar-refractivity contribution in [1.29, 1.82) is 0 Å². The number of nitrogens with one attached hydrogen (secondary N) is 1. The summed E-state index contributed by atoms with van der Waals surface area (Å²) >= 11 is 0. The minimum Gasteiger partial charge on any atom is -0.481 e. The lowest BCUT2D eigenvalue weighted by Gasteiger charge is -2.31. The van der Waals surface area contributed by atoms with E-state index in [-0.39, 0.29) is 24.0 Å². The number of carboxylic acid groups (broad SMARTS) is 1. The van der Waals surface area contributed by atoms with Gasteiger partial charge in [0.1, 0.15) is 0 Å². The zero-order valence-electron chi connectivity index (χ0n) is 12.2. The standard InChI is InChI=1S/C14H26N2O3/c1-4-12(5-2)16(3)14(19)15-11-8-6-10(7-9-11)13(17)18/h10-12H,4-9H2,1-3H3,(H,15,19)(H,17,18). The molecule has 1 fully saturated rings. The highest BCUT2D eigenvalue weighted by Crippen LogP contribution is 2.24. The highest BCUT2D eigenvalue weighted by molar-refractivity contribution is 5.74. The number of hydrogen-bond acceptors (Lipinski definition) is 2. The van der Waals surface area contributed by atoms with Crippen molar-refractivity contribution in [3.63, 3.8) is 0 Å². The third-order valence-corrected chi connectivity index (χ3v) is 4.21. The van der Waals surface area contributed by atoms with Crippen LogP contribution in [0.2, 0.25) is 0 Å². The molecule has 5 heteroatoms. The highest BCUT2D eigenvalue weighted by atomic mass is 16.4. The normalized spacial score (nSPS) is 23.2. The van der Waals surface area contributed by atoms with E-state index in [4.69, 9.17) is 5.11 Å². The fourth-order valence-corrected chi connectivity index (χ4v) is 2.76. The first-order valence-electron chi connectivity index (χ1n) is 7.25. The highest BCUT2D eigenvalue weighted by Gasteiger charge is 2.27. The fraction of sp³-hybridized carbons (Fsp3) is 0.857. The van der Waals surface area contributed by atoms with Crippen molar-refractivity contribution in [2.45, 2.75) is 64.5 Å². The smallest absolute Gasteiger partial charge is 0.317 e. The molecule has 1 aliphatic carbocycles. The van der Waals surface area contributed by atoms with Crippen LogP contribution in [-0.4, -0.2) is 41.1 Å². The molecule has 0 atom stereocenters. The maximum absolute atomic E-state index is 12.1. The first-order chi connectivity index (χ1) is 8.99. The molecule has 0 saturated heterocycles. The summed E-state index contributed by atoms with van der Waals surface area (Å²) in [6.45, 7) is 4.16. The van der Waals surface area contributed by atoms with Gasteiger partial charge in [0, 0.05) is 19.1 Å². The van der Waals surface area contributed by atoms with Crippen molar-refractivity contribution < 1.29 is 14.7 Å². The molecule has 0 spiro atoms.